The first-order valence-corrected chi connectivity index (χ1v) is 17.0. The summed E-state index contributed by atoms with van der Waals surface area (Å²) in [5, 5.41) is 6.58. The predicted octanol–water partition coefficient (Wildman–Crippen LogP) is 6.01. The first-order valence-electron chi connectivity index (χ1n) is 15.2. The third kappa shape index (κ3) is 7.82. The summed E-state index contributed by atoms with van der Waals surface area (Å²) in [6.07, 6.45) is 1.22. The quantitative estimate of drug-likeness (QED) is 0.182. The zero-order valence-electron chi connectivity index (χ0n) is 25.4. The van der Waals surface area contributed by atoms with Crippen LogP contribution in [0.3, 0.4) is 0 Å². The Morgan fingerprint density at radius 1 is 1.02 bits per heavy atom. The summed E-state index contributed by atoms with van der Waals surface area (Å²) >= 11 is 6.10. The van der Waals surface area contributed by atoms with E-state index in [-0.39, 0.29) is 23.0 Å². The standard InChI is InChI=1S/C35H37ClF2N4O3S/c1-23-19-25(21-27(37)20-23)33(24-13-15-26(36)16-14-24)34(39)35(43)41-32-12-6-11-31(38)30(32)10-5-7-28-22-40-17-18-42(28)46(44,45)29-8-3-2-4-9-29/h2-4,6,8-9,11-16,19-21,28,33-34,40H,5,7,10,17-18,22,39H2,1H3,(H,41,43)/t28-,33-,34-/m0/s1. The number of anilines is 1. The molecule has 242 valence electrons. The van der Waals surface area contributed by atoms with Crippen LogP contribution in [0.1, 0.15) is 41.0 Å². The van der Waals surface area contributed by atoms with Crippen molar-refractivity contribution in [3.05, 3.63) is 130 Å². The number of halogens is 3. The van der Waals surface area contributed by atoms with Crippen LogP contribution in [0, 0.1) is 18.6 Å². The summed E-state index contributed by atoms with van der Waals surface area (Å²) in [7, 11) is -3.69. The van der Waals surface area contributed by atoms with Crippen molar-refractivity contribution in [2.24, 2.45) is 5.73 Å². The number of carbonyl (C=O) groups is 1. The molecule has 0 saturated carbocycles. The minimum Gasteiger partial charge on any atom is -0.324 e. The second-order valence-corrected chi connectivity index (χ2v) is 13.9. The van der Waals surface area contributed by atoms with E-state index >= 15 is 4.39 Å². The maximum absolute atomic E-state index is 15.2. The number of aryl methyl sites for hydroxylation is 1. The van der Waals surface area contributed by atoms with E-state index in [0.717, 1.165) is 0 Å². The summed E-state index contributed by atoms with van der Waals surface area (Å²) in [4.78, 5) is 13.9. The Bertz CT molecular complexity index is 1750. The minimum atomic E-state index is -3.69. The molecular formula is C35H37ClF2N4O3S. The van der Waals surface area contributed by atoms with E-state index in [9.17, 15) is 17.6 Å². The minimum absolute atomic E-state index is 0.239. The number of sulfonamides is 1. The molecule has 0 radical (unpaired) electrons. The molecule has 4 aromatic carbocycles. The van der Waals surface area contributed by atoms with Crippen LogP contribution in [0.15, 0.2) is 95.9 Å². The van der Waals surface area contributed by atoms with Gasteiger partial charge in [-0.2, -0.15) is 4.31 Å². The molecule has 3 atom stereocenters. The normalized spacial score (nSPS) is 16.9. The molecule has 1 saturated heterocycles. The molecule has 0 unspecified atom stereocenters. The van der Waals surface area contributed by atoms with Crippen molar-refractivity contribution in [2.45, 2.75) is 49.1 Å². The van der Waals surface area contributed by atoms with E-state index in [0.29, 0.717) is 59.8 Å². The average molecular weight is 667 g/mol. The van der Waals surface area contributed by atoms with Crippen LogP contribution in [0.5, 0.6) is 0 Å². The molecule has 0 spiro atoms. The summed E-state index contributed by atoms with van der Waals surface area (Å²) in [6, 6.07) is 22.7. The van der Waals surface area contributed by atoms with Gasteiger partial charge in [0, 0.05) is 47.9 Å². The van der Waals surface area contributed by atoms with Gasteiger partial charge in [-0.05, 0) is 91.4 Å². The lowest BCUT2D eigenvalue weighted by Gasteiger charge is -2.35. The Hall–Kier alpha value is -3.67. The lowest BCUT2D eigenvalue weighted by atomic mass is 9.84. The van der Waals surface area contributed by atoms with Gasteiger partial charge < -0.3 is 16.4 Å². The van der Waals surface area contributed by atoms with Crippen molar-refractivity contribution in [3.8, 4) is 0 Å². The molecule has 4 N–H and O–H groups in total. The molecule has 11 heteroatoms. The lowest BCUT2D eigenvalue weighted by Crippen LogP contribution is -2.53. The Morgan fingerprint density at radius 3 is 2.48 bits per heavy atom. The Kier molecular flexibility index (Phi) is 10.9. The first-order chi connectivity index (χ1) is 22.0. The number of rotatable bonds is 11. The number of nitrogens with one attached hydrogen (secondary N) is 2. The zero-order chi connectivity index (χ0) is 32.8. The van der Waals surface area contributed by atoms with Crippen LogP contribution in [0.4, 0.5) is 14.5 Å². The van der Waals surface area contributed by atoms with Gasteiger partial charge in [-0.3, -0.25) is 4.79 Å². The fourth-order valence-corrected chi connectivity index (χ4v) is 7.87. The number of hydrogen-bond donors (Lipinski definition) is 3. The molecule has 4 aromatic rings. The predicted molar refractivity (Wildman–Crippen MR) is 177 cm³/mol. The molecule has 5 rings (SSSR count). The average Bonchev–Trinajstić information content (AvgIpc) is 3.03. The van der Waals surface area contributed by atoms with Gasteiger partial charge in [0.2, 0.25) is 15.9 Å². The third-order valence-electron chi connectivity index (χ3n) is 8.30. The Labute approximate surface area is 273 Å². The number of benzene rings is 4. The van der Waals surface area contributed by atoms with Crippen molar-refractivity contribution in [3.63, 3.8) is 0 Å². The Balaban J connectivity index is 1.33. The van der Waals surface area contributed by atoms with Gasteiger partial charge in [0.1, 0.15) is 11.6 Å². The van der Waals surface area contributed by atoms with Crippen LogP contribution in [-0.4, -0.2) is 50.3 Å². The third-order valence-corrected chi connectivity index (χ3v) is 10.5. The summed E-state index contributed by atoms with van der Waals surface area (Å²) in [5.41, 5.74) is 9.03. The molecule has 1 aliphatic rings. The van der Waals surface area contributed by atoms with Gasteiger partial charge in [0.15, 0.2) is 0 Å². The van der Waals surface area contributed by atoms with Crippen molar-refractivity contribution >= 4 is 33.2 Å². The second kappa shape index (κ2) is 14.8. The first kappa shape index (κ1) is 33.7. The highest BCUT2D eigenvalue weighted by Crippen LogP contribution is 2.31. The number of nitrogens with two attached hydrogens (primary N) is 1. The van der Waals surface area contributed by atoms with Crippen LogP contribution in [-0.2, 0) is 21.2 Å². The van der Waals surface area contributed by atoms with Crippen LogP contribution >= 0.6 is 11.6 Å². The molecule has 1 fully saturated rings. The van der Waals surface area contributed by atoms with Gasteiger partial charge in [-0.1, -0.05) is 54.1 Å². The van der Waals surface area contributed by atoms with E-state index in [1.807, 2.05) is 0 Å². The summed E-state index contributed by atoms with van der Waals surface area (Å²) in [6.45, 7) is 3.11. The van der Waals surface area contributed by atoms with Crippen LogP contribution in [0.25, 0.3) is 0 Å². The Morgan fingerprint density at radius 2 is 1.76 bits per heavy atom. The SMILES string of the molecule is Cc1cc(F)cc([C@H](c2ccc(Cl)cc2)[C@H](N)C(=O)Nc2cccc(F)c2CCC[C@H]2CNCCN2S(=O)(=O)c2ccccc2)c1. The highest BCUT2D eigenvalue weighted by atomic mass is 35.5. The second-order valence-electron chi connectivity index (χ2n) is 11.6. The van der Waals surface area contributed by atoms with Crippen molar-refractivity contribution < 1.29 is 22.0 Å². The van der Waals surface area contributed by atoms with Crippen molar-refractivity contribution in [2.75, 3.05) is 25.0 Å². The number of piperazine rings is 1. The topological polar surface area (TPSA) is 105 Å². The summed E-state index contributed by atoms with van der Waals surface area (Å²) < 4.78 is 58.0. The van der Waals surface area contributed by atoms with E-state index < -0.39 is 39.5 Å². The van der Waals surface area contributed by atoms with Gasteiger partial charge in [0.25, 0.3) is 0 Å². The van der Waals surface area contributed by atoms with Gasteiger partial charge >= 0.3 is 0 Å². The maximum atomic E-state index is 15.2. The largest absolute Gasteiger partial charge is 0.324 e. The summed E-state index contributed by atoms with van der Waals surface area (Å²) in [5.74, 6) is -2.21. The van der Waals surface area contributed by atoms with E-state index in [1.165, 1.54) is 28.6 Å². The molecule has 1 amide bonds. The number of carbonyl (C=O) groups excluding carboxylic acids is 1. The molecule has 7 nitrogen and oxygen atoms in total. The van der Waals surface area contributed by atoms with Gasteiger partial charge in [0.05, 0.1) is 10.9 Å². The van der Waals surface area contributed by atoms with Gasteiger partial charge in [-0.15, -0.1) is 0 Å². The van der Waals surface area contributed by atoms with Crippen LogP contribution < -0.4 is 16.4 Å². The fraction of sp³-hybridized carbons (Fsp3) is 0.286. The highest BCUT2D eigenvalue weighted by Gasteiger charge is 2.33. The molecular weight excluding hydrogens is 630 g/mol. The lowest BCUT2D eigenvalue weighted by molar-refractivity contribution is -0.117. The number of nitrogens with zero attached hydrogens (tertiary/aromatic N) is 1. The van der Waals surface area contributed by atoms with Gasteiger partial charge in [-0.25, -0.2) is 17.2 Å². The molecule has 0 aromatic heterocycles. The van der Waals surface area contributed by atoms with E-state index in [2.05, 4.69) is 10.6 Å². The molecule has 0 bridgehead atoms. The van der Waals surface area contributed by atoms with E-state index in [1.54, 1.807) is 73.7 Å². The van der Waals surface area contributed by atoms with Crippen LogP contribution in [0.2, 0.25) is 5.02 Å². The maximum Gasteiger partial charge on any atom is 0.243 e. The number of amides is 1. The molecule has 0 aliphatic carbocycles. The highest BCUT2D eigenvalue weighted by molar-refractivity contribution is 7.89. The smallest absolute Gasteiger partial charge is 0.243 e. The van der Waals surface area contributed by atoms with Crippen molar-refractivity contribution in [1.82, 2.24) is 9.62 Å². The molecule has 1 aliphatic heterocycles. The van der Waals surface area contributed by atoms with Crippen molar-refractivity contribution in [1.29, 1.82) is 0 Å². The molecule has 1 heterocycles. The fourth-order valence-electron chi connectivity index (χ4n) is 6.07. The zero-order valence-corrected chi connectivity index (χ0v) is 27.0. The van der Waals surface area contributed by atoms with E-state index in [4.69, 9.17) is 17.3 Å². The molecule has 46 heavy (non-hydrogen) atoms. The number of hydrogen-bond acceptors (Lipinski definition) is 5. The monoisotopic (exact) mass is 666 g/mol.